The monoisotopic (exact) mass is 214 g/mol. The van der Waals surface area contributed by atoms with Crippen molar-refractivity contribution in [1.82, 2.24) is 4.90 Å². The van der Waals surface area contributed by atoms with E-state index in [1.54, 1.807) is 0 Å². The van der Waals surface area contributed by atoms with Crippen molar-refractivity contribution in [3.8, 4) is 0 Å². The van der Waals surface area contributed by atoms with Gasteiger partial charge in [-0.3, -0.25) is 4.90 Å². The summed E-state index contributed by atoms with van der Waals surface area (Å²) in [5.74, 6) is 2.12. The molecule has 2 aliphatic rings. The summed E-state index contributed by atoms with van der Waals surface area (Å²) in [5, 5.41) is 0.800. The Morgan fingerprint density at radius 1 is 1.50 bits per heavy atom. The van der Waals surface area contributed by atoms with Crippen LogP contribution in [0.25, 0.3) is 0 Å². The molecule has 2 rings (SSSR count). The molecule has 2 saturated heterocycles. The quantitative estimate of drug-likeness (QED) is 0.756. The van der Waals surface area contributed by atoms with E-state index in [-0.39, 0.29) is 0 Å². The van der Waals surface area contributed by atoms with Gasteiger partial charge in [0, 0.05) is 29.6 Å². The van der Waals surface area contributed by atoms with Gasteiger partial charge in [0.05, 0.1) is 0 Å². The fourth-order valence-corrected chi connectivity index (χ4v) is 4.25. The van der Waals surface area contributed by atoms with Gasteiger partial charge in [0.2, 0.25) is 0 Å². The molecule has 0 aromatic carbocycles. The maximum Gasteiger partial charge on any atom is 0.0432 e. The van der Waals surface area contributed by atoms with Crippen molar-refractivity contribution in [2.75, 3.05) is 25.4 Å². The lowest BCUT2D eigenvalue weighted by molar-refractivity contribution is 0.141. The smallest absolute Gasteiger partial charge is 0.0432 e. The van der Waals surface area contributed by atoms with E-state index in [0.29, 0.717) is 5.54 Å². The number of nitrogens with zero attached hydrogens (tertiary/aromatic N) is 1. The standard InChI is InChI=1S/C11H22N2S/c1-9-3-4-13(6-9)11(7-12)5-10(2)14-8-11/h9-10H,3-8,12H2,1-2H3. The van der Waals surface area contributed by atoms with Crippen LogP contribution >= 0.6 is 11.8 Å². The van der Waals surface area contributed by atoms with Crippen molar-refractivity contribution < 1.29 is 0 Å². The van der Waals surface area contributed by atoms with E-state index in [1.165, 1.54) is 31.7 Å². The first-order valence-electron chi connectivity index (χ1n) is 5.73. The minimum absolute atomic E-state index is 0.342. The van der Waals surface area contributed by atoms with E-state index in [4.69, 9.17) is 5.73 Å². The molecule has 14 heavy (non-hydrogen) atoms. The van der Waals surface area contributed by atoms with Gasteiger partial charge < -0.3 is 5.73 Å². The molecule has 0 aliphatic carbocycles. The van der Waals surface area contributed by atoms with Gasteiger partial charge in [-0.15, -0.1) is 0 Å². The zero-order valence-electron chi connectivity index (χ0n) is 9.33. The second-order valence-electron chi connectivity index (χ2n) is 5.09. The summed E-state index contributed by atoms with van der Waals surface area (Å²) in [7, 11) is 0. The van der Waals surface area contributed by atoms with E-state index < -0.39 is 0 Å². The molecule has 2 aliphatic heterocycles. The largest absolute Gasteiger partial charge is 0.329 e. The highest BCUT2D eigenvalue weighted by Gasteiger charge is 2.43. The number of likely N-dealkylation sites (tertiary alicyclic amines) is 1. The fourth-order valence-electron chi connectivity index (χ4n) is 2.81. The molecule has 2 heterocycles. The van der Waals surface area contributed by atoms with Crippen molar-refractivity contribution in [1.29, 1.82) is 0 Å². The first kappa shape index (κ1) is 10.8. The van der Waals surface area contributed by atoms with Crippen LogP contribution in [-0.4, -0.2) is 41.1 Å². The minimum Gasteiger partial charge on any atom is -0.329 e. The highest BCUT2D eigenvalue weighted by molar-refractivity contribution is 8.00. The number of thioether (sulfide) groups is 1. The minimum atomic E-state index is 0.342. The number of hydrogen-bond acceptors (Lipinski definition) is 3. The third-order valence-corrected chi connectivity index (χ3v) is 5.22. The molecular weight excluding hydrogens is 192 g/mol. The normalized spacial score (nSPS) is 44.8. The van der Waals surface area contributed by atoms with Crippen molar-refractivity contribution in [3.05, 3.63) is 0 Å². The number of hydrogen-bond donors (Lipinski definition) is 1. The molecule has 0 spiro atoms. The van der Waals surface area contributed by atoms with Gasteiger partial charge in [-0.25, -0.2) is 0 Å². The average Bonchev–Trinajstić information content (AvgIpc) is 2.73. The van der Waals surface area contributed by atoms with Gasteiger partial charge in [0.1, 0.15) is 0 Å². The molecule has 82 valence electrons. The third kappa shape index (κ3) is 1.82. The van der Waals surface area contributed by atoms with Crippen LogP contribution in [0.15, 0.2) is 0 Å². The van der Waals surface area contributed by atoms with E-state index in [0.717, 1.165) is 17.7 Å². The Balaban J connectivity index is 2.05. The summed E-state index contributed by atoms with van der Waals surface area (Å²) >= 11 is 2.10. The van der Waals surface area contributed by atoms with Crippen LogP contribution in [0.2, 0.25) is 0 Å². The van der Waals surface area contributed by atoms with Gasteiger partial charge in [-0.1, -0.05) is 13.8 Å². The zero-order chi connectivity index (χ0) is 10.2. The molecule has 3 heteroatoms. The molecule has 2 fully saturated rings. The van der Waals surface area contributed by atoms with E-state index in [2.05, 4.69) is 30.5 Å². The first-order valence-corrected chi connectivity index (χ1v) is 6.78. The highest BCUT2D eigenvalue weighted by atomic mass is 32.2. The molecule has 0 bridgehead atoms. The zero-order valence-corrected chi connectivity index (χ0v) is 10.1. The summed E-state index contributed by atoms with van der Waals surface area (Å²) in [6, 6.07) is 0. The van der Waals surface area contributed by atoms with Crippen LogP contribution in [0.1, 0.15) is 26.7 Å². The predicted molar refractivity (Wildman–Crippen MR) is 63.7 cm³/mol. The van der Waals surface area contributed by atoms with Crippen molar-refractivity contribution in [2.45, 2.75) is 37.5 Å². The summed E-state index contributed by atoms with van der Waals surface area (Å²) in [5.41, 5.74) is 6.34. The van der Waals surface area contributed by atoms with Crippen LogP contribution in [-0.2, 0) is 0 Å². The summed E-state index contributed by atoms with van der Waals surface area (Å²) in [6.07, 6.45) is 2.65. The molecule has 0 aromatic rings. The molecule has 0 aromatic heterocycles. The Kier molecular flexibility index (Phi) is 3.10. The van der Waals surface area contributed by atoms with Crippen LogP contribution in [0.5, 0.6) is 0 Å². The Morgan fingerprint density at radius 2 is 2.29 bits per heavy atom. The highest BCUT2D eigenvalue weighted by Crippen LogP contribution is 2.40. The molecular formula is C11H22N2S. The Labute approximate surface area is 91.6 Å². The van der Waals surface area contributed by atoms with Crippen LogP contribution < -0.4 is 5.73 Å². The van der Waals surface area contributed by atoms with Gasteiger partial charge in [-0.2, -0.15) is 11.8 Å². The second-order valence-corrected chi connectivity index (χ2v) is 6.52. The Hall–Kier alpha value is 0.270. The number of nitrogens with two attached hydrogens (primary N) is 1. The van der Waals surface area contributed by atoms with Crippen LogP contribution in [0.3, 0.4) is 0 Å². The Morgan fingerprint density at radius 3 is 2.71 bits per heavy atom. The first-order chi connectivity index (χ1) is 6.66. The maximum absolute atomic E-state index is 6.00. The lowest BCUT2D eigenvalue weighted by atomic mass is 9.94. The summed E-state index contributed by atoms with van der Waals surface area (Å²) in [6.45, 7) is 8.07. The fraction of sp³-hybridized carbons (Fsp3) is 1.00. The van der Waals surface area contributed by atoms with Crippen molar-refractivity contribution >= 4 is 11.8 Å². The second kappa shape index (κ2) is 4.03. The van der Waals surface area contributed by atoms with Crippen LogP contribution in [0, 0.1) is 5.92 Å². The number of rotatable bonds is 2. The SMILES string of the molecule is CC1CCN(C2(CN)CSC(C)C2)C1. The topological polar surface area (TPSA) is 29.3 Å². The average molecular weight is 214 g/mol. The predicted octanol–water partition coefficient (Wildman–Crippen LogP) is 1.55. The maximum atomic E-state index is 6.00. The van der Waals surface area contributed by atoms with Gasteiger partial charge in [0.25, 0.3) is 0 Å². The Bertz CT molecular complexity index is 209. The molecule has 2 N–H and O–H groups in total. The van der Waals surface area contributed by atoms with E-state index in [1.807, 2.05) is 0 Å². The summed E-state index contributed by atoms with van der Waals surface area (Å²) in [4.78, 5) is 2.66. The van der Waals surface area contributed by atoms with Gasteiger partial charge in [0.15, 0.2) is 0 Å². The molecule has 0 radical (unpaired) electrons. The molecule has 2 nitrogen and oxygen atoms in total. The summed E-state index contributed by atoms with van der Waals surface area (Å²) < 4.78 is 0. The van der Waals surface area contributed by atoms with E-state index >= 15 is 0 Å². The van der Waals surface area contributed by atoms with Gasteiger partial charge in [-0.05, 0) is 25.3 Å². The molecule has 0 amide bonds. The van der Waals surface area contributed by atoms with E-state index in [9.17, 15) is 0 Å². The van der Waals surface area contributed by atoms with Crippen molar-refractivity contribution in [3.63, 3.8) is 0 Å². The molecule has 3 unspecified atom stereocenters. The molecule has 3 atom stereocenters. The third-order valence-electron chi connectivity index (χ3n) is 3.78. The lowest BCUT2D eigenvalue weighted by Crippen LogP contribution is -2.53. The van der Waals surface area contributed by atoms with Gasteiger partial charge >= 0.3 is 0 Å². The van der Waals surface area contributed by atoms with Crippen LogP contribution in [0.4, 0.5) is 0 Å². The van der Waals surface area contributed by atoms with Crippen molar-refractivity contribution in [2.24, 2.45) is 11.7 Å². The molecule has 0 saturated carbocycles. The lowest BCUT2D eigenvalue weighted by Gasteiger charge is -2.37.